The Morgan fingerprint density at radius 1 is 0.933 bits per heavy atom. The van der Waals surface area contributed by atoms with Crippen molar-refractivity contribution in [3.05, 3.63) is 90.0 Å². The summed E-state index contributed by atoms with van der Waals surface area (Å²) in [6.07, 6.45) is 0.987. The molecule has 0 saturated heterocycles. The number of carbonyl (C=O) groups is 1. The van der Waals surface area contributed by atoms with Gasteiger partial charge in [0.1, 0.15) is 5.75 Å². The molecule has 1 heterocycles. The lowest BCUT2D eigenvalue weighted by molar-refractivity contribution is 0.102. The summed E-state index contributed by atoms with van der Waals surface area (Å²) in [5, 5.41) is 3.82. The molecule has 4 rings (SSSR count). The number of ether oxygens (including phenoxy) is 1. The summed E-state index contributed by atoms with van der Waals surface area (Å²) in [4.78, 5) is 17.9. The van der Waals surface area contributed by atoms with Gasteiger partial charge in [-0.15, -0.1) is 0 Å². The minimum absolute atomic E-state index is 0.163. The Balaban J connectivity index is 1.70. The highest BCUT2D eigenvalue weighted by Gasteiger charge is 2.14. The first-order chi connectivity index (χ1) is 14.7. The van der Waals surface area contributed by atoms with Gasteiger partial charge < -0.3 is 10.1 Å². The number of hydrogen-bond acceptors (Lipinski definition) is 3. The number of aromatic nitrogens is 1. The van der Waals surface area contributed by atoms with Crippen LogP contribution in [-0.2, 0) is 6.42 Å². The zero-order valence-corrected chi connectivity index (χ0v) is 17.2. The number of aryl methyl sites for hydroxylation is 1. The van der Waals surface area contributed by atoms with E-state index < -0.39 is 0 Å². The first-order valence-corrected chi connectivity index (χ1v) is 10.2. The van der Waals surface area contributed by atoms with Crippen molar-refractivity contribution in [3.63, 3.8) is 0 Å². The van der Waals surface area contributed by atoms with Gasteiger partial charge in [-0.05, 0) is 55.3 Å². The molecule has 0 fully saturated rings. The third-order valence-corrected chi connectivity index (χ3v) is 5.04. The van der Waals surface area contributed by atoms with E-state index in [0.717, 1.165) is 40.0 Å². The Bertz CT molecular complexity index is 1170. The van der Waals surface area contributed by atoms with Crippen molar-refractivity contribution < 1.29 is 9.53 Å². The van der Waals surface area contributed by atoms with Gasteiger partial charge in [-0.25, -0.2) is 4.98 Å². The van der Waals surface area contributed by atoms with Crippen LogP contribution >= 0.6 is 0 Å². The van der Waals surface area contributed by atoms with E-state index in [9.17, 15) is 4.79 Å². The number of amides is 1. The molecule has 4 aromatic rings. The van der Waals surface area contributed by atoms with Crippen molar-refractivity contribution in [2.45, 2.75) is 20.3 Å². The Labute approximate surface area is 176 Å². The zero-order valence-electron chi connectivity index (χ0n) is 17.2. The molecule has 0 aliphatic carbocycles. The first-order valence-electron chi connectivity index (χ1n) is 10.2. The average Bonchev–Trinajstić information content (AvgIpc) is 2.80. The molecule has 1 amide bonds. The van der Waals surface area contributed by atoms with Crippen LogP contribution in [-0.4, -0.2) is 17.5 Å². The maximum atomic E-state index is 13.2. The molecule has 4 heteroatoms. The molecule has 150 valence electrons. The second-order valence-corrected chi connectivity index (χ2v) is 7.03. The Kier molecular flexibility index (Phi) is 5.75. The van der Waals surface area contributed by atoms with E-state index in [4.69, 9.17) is 9.72 Å². The molecule has 0 bridgehead atoms. The summed E-state index contributed by atoms with van der Waals surface area (Å²) in [5.74, 6) is 0.617. The summed E-state index contributed by atoms with van der Waals surface area (Å²) in [6.45, 7) is 4.68. The van der Waals surface area contributed by atoms with Gasteiger partial charge in [-0.2, -0.15) is 0 Å². The van der Waals surface area contributed by atoms with Gasteiger partial charge in [0.25, 0.3) is 5.91 Å². The largest absolute Gasteiger partial charge is 0.494 e. The number of nitrogens with one attached hydrogen (secondary N) is 1. The Hall–Kier alpha value is -3.66. The number of carbonyl (C=O) groups excluding carboxylic acids is 1. The van der Waals surface area contributed by atoms with E-state index in [1.54, 1.807) is 0 Å². The highest BCUT2D eigenvalue weighted by molar-refractivity contribution is 6.13. The maximum Gasteiger partial charge on any atom is 0.256 e. The number of anilines is 1. The Morgan fingerprint density at radius 2 is 1.67 bits per heavy atom. The van der Waals surface area contributed by atoms with Crippen LogP contribution in [0.2, 0.25) is 0 Å². The molecule has 4 nitrogen and oxygen atoms in total. The van der Waals surface area contributed by atoms with Crippen LogP contribution in [0.3, 0.4) is 0 Å². The molecule has 0 atom stereocenters. The first kappa shape index (κ1) is 19.6. The molecular weight excluding hydrogens is 372 g/mol. The van der Waals surface area contributed by atoms with Gasteiger partial charge in [0.2, 0.25) is 0 Å². The summed E-state index contributed by atoms with van der Waals surface area (Å²) < 4.78 is 5.47. The highest BCUT2D eigenvalue weighted by atomic mass is 16.5. The molecule has 1 aromatic heterocycles. The average molecular weight is 396 g/mol. The quantitative estimate of drug-likeness (QED) is 0.427. The lowest BCUT2D eigenvalue weighted by Crippen LogP contribution is -2.13. The monoisotopic (exact) mass is 396 g/mol. The van der Waals surface area contributed by atoms with Crippen LogP contribution in [0.25, 0.3) is 22.2 Å². The topological polar surface area (TPSA) is 51.2 Å². The molecule has 0 radical (unpaired) electrons. The van der Waals surface area contributed by atoms with Crippen molar-refractivity contribution >= 4 is 22.5 Å². The highest BCUT2D eigenvalue weighted by Crippen LogP contribution is 2.26. The van der Waals surface area contributed by atoms with Crippen LogP contribution in [0.4, 0.5) is 5.69 Å². The fourth-order valence-corrected chi connectivity index (χ4v) is 3.42. The van der Waals surface area contributed by atoms with Gasteiger partial charge in [-0.1, -0.05) is 49.4 Å². The lowest BCUT2D eigenvalue weighted by atomic mass is 10.0. The molecule has 0 aliphatic heterocycles. The molecule has 0 aliphatic rings. The maximum absolute atomic E-state index is 13.2. The fraction of sp³-hybridized carbons (Fsp3) is 0.154. The number of nitrogens with zero attached hydrogens (tertiary/aromatic N) is 1. The summed E-state index contributed by atoms with van der Waals surface area (Å²) >= 11 is 0. The van der Waals surface area contributed by atoms with Crippen molar-refractivity contribution in [2.24, 2.45) is 0 Å². The van der Waals surface area contributed by atoms with Gasteiger partial charge in [-0.3, -0.25) is 4.79 Å². The van der Waals surface area contributed by atoms with Gasteiger partial charge in [0, 0.05) is 16.6 Å². The fourth-order valence-electron chi connectivity index (χ4n) is 3.42. The van der Waals surface area contributed by atoms with Gasteiger partial charge in [0.15, 0.2) is 0 Å². The summed E-state index contributed by atoms with van der Waals surface area (Å²) in [6, 6.07) is 25.3. The van der Waals surface area contributed by atoms with E-state index in [1.807, 2.05) is 61.5 Å². The van der Waals surface area contributed by atoms with Crippen LogP contribution in [0.1, 0.15) is 29.8 Å². The van der Waals surface area contributed by atoms with E-state index >= 15 is 0 Å². The second kappa shape index (κ2) is 8.78. The van der Waals surface area contributed by atoms with E-state index in [1.165, 1.54) is 5.56 Å². The minimum Gasteiger partial charge on any atom is -0.494 e. The smallest absolute Gasteiger partial charge is 0.256 e. The molecule has 0 spiro atoms. The Morgan fingerprint density at radius 3 is 2.37 bits per heavy atom. The van der Waals surface area contributed by atoms with Crippen molar-refractivity contribution in [1.82, 2.24) is 4.98 Å². The number of benzene rings is 3. The number of pyridine rings is 1. The molecule has 0 saturated carbocycles. The number of fused-ring (bicyclic) bond motifs is 1. The molecule has 3 aromatic carbocycles. The minimum atomic E-state index is -0.163. The predicted octanol–water partition coefficient (Wildman–Crippen LogP) is 6.12. The number of hydrogen-bond donors (Lipinski definition) is 1. The standard InChI is InChI=1S/C26H24N2O2/c1-3-18-9-11-19(12-10-18)25-17-23(22-7-5-6-8-24(22)28-25)26(29)27-20-13-15-21(16-14-20)30-4-2/h5-17H,3-4H2,1-2H3,(H,27,29). The van der Waals surface area contributed by atoms with Gasteiger partial charge in [0.05, 0.1) is 23.4 Å². The van der Waals surface area contributed by atoms with Crippen molar-refractivity contribution in [1.29, 1.82) is 0 Å². The summed E-state index contributed by atoms with van der Waals surface area (Å²) in [5.41, 5.74) is 5.17. The summed E-state index contributed by atoms with van der Waals surface area (Å²) in [7, 11) is 0. The van der Waals surface area contributed by atoms with Crippen molar-refractivity contribution in [2.75, 3.05) is 11.9 Å². The van der Waals surface area contributed by atoms with Gasteiger partial charge >= 0.3 is 0 Å². The number of para-hydroxylation sites is 1. The third-order valence-electron chi connectivity index (χ3n) is 5.04. The molecule has 0 unspecified atom stereocenters. The van der Waals surface area contributed by atoms with Crippen LogP contribution in [0, 0.1) is 0 Å². The normalized spacial score (nSPS) is 10.7. The van der Waals surface area contributed by atoms with Crippen LogP contribution < -0.4 is 10.1 Å². The van der Waals surface area contributed by atoms with Crippen LogP contribution in [0.5, 0.6) is 5.75 Å². The number of rotatable bonds is 6. The predicted molar refractivity (Wildman–Crippen MR) is 122 cm³/mol. The van der Waals surface area contributed by atoms with E-state index in [-0.39, 0.29) is 5.91 Å². The molecular formula is C26H24N2O2. The van der Waals surface area contributed by atoms with Crippen LogP contribution in [0.15, 0.2) is 78.9 Å². The lowest BCUT2D eigenvalue weighted by Gasteiger charge is -2.11. The van der Waals surface area contributed by atoms with E-state index in [2.05, 4.69) is 36.5 Å². The molecule has 1 N–H and O–H groups in total. The zero-order chi connectivity index (χ0) is 20.9. The second-order valence-electron chi connectivity index (χ2n) is 7.03. The SMILES string of the molecule is CCOc1ccc(NC(=O)c2cc(-c3ccc(CC)cc3)nc3ccccc23)cc1. The van der Waals surface area contributed by atoms with E-state index in [0.29, 0.717) is 12.2 Å². The van der Waals surface area contributed by atoms with Crippen molar-refractivity contribution in [3.8, 4) is 17.0 Å². The third kappa shape index (κ3) is 4.18. The molecule has 30 heavy (non-hydrogen) atoms.